The van der Waals surface area contributed by atoms with Crippen LogP contribution in [0.15, 0.2) is 54.9 Å². The summed E-state index contributed by atoms with van der Waals surface area (Å²) in [4.78, 5) is 52.2. The standard InChI is InChI=1S/C30H33N9O3/c1-17-14-32-30(36-25-11-12-31-19(3)33-25)37-27(17)20-9-10-21-15-39(29(42)22(21)13-20)18(2)28(41)35-24(16-40)23-7-6-8-26(34-23)38(4)5/h6-14,18,24,40H,15-16H2,1-5H3,(H,35,41)(H,31,32,33,36,37)/t18-,24-/m1/s1. The van der Waals surface area contributed by atoms with Gasteiger partial charge in [-0.2, -0.15) is 0 Å². The van der Waals surface area contributed by atoms with E-state index in [0.717, 1.165) is 16.7 Å². The van der Waals surface area contributed by atoms with E-state index in [1.807, 2.05) is 56.3 Å². The van der Waals surface area contributed by atoms with Crippen LogP contribution in [0.4, 0.5) is 17.6 Å². The Bertz CT molecular complexity index is 1640. The summed E-state index contributed by atoms with van der Waals surface area (Å²) in [5.41, 5.74) is 4.16. The third-order valence-electron chi connectivity index (χ3n) is 7.12. The molecular weight excluding hydrogens is 534 g/mol. The van der Waals surface area contributed by atoms with Gasteiger partial charge in [-0.25, -0.2) is 24.9 Å². The number of anilines is 3. The van der Waals surface area contributed by atoms with Gasteiger partial charge < -0.3 is 25.5 Å². The first-order chi connectivity index (χ1) is 20.1. The van der Waals surface area contributed by atoms with Gasteiger partial charge >= 0.3 is 0 Å². The molecular formula is C30H33N9O3. The average Bonchev–Trinajstić information content (AvgIpc) is 3.31. The predicted molar refractivity (Wildman–Crippen MR) is 158 cm³/mol. The second-order valence-electron chi connectivity index (χ2n) is 10.4. The summed E-state index contributed by atoms with van der Waals surface area (Å²) in [6.07, 6.45) is 3.37. The first-order valence-electron chi connectivity index (χ1n) is 13.5. The van der Waals surface area contributed by atoms with E-state index in [0.29, 0.717) is 46.9 Å². The number of aromatic nitrogens is 5. The van der Waals surface area contributed by atoms with Crippen molar-refractivity contribution in [3.8, 4) is 11.3 Å². The molecule has 0 saturated heterocycles. The van der Waals surface area contributed by atoms with Crippen LogP contribution in [0.3, 0.4) is 0 Å². The summed E-state index contributed by atoms with van der Waals surface area (Å²) < 4.78 is 0. The normalized spacial score (nSPS) is 13.9. The summed E-state index contributed by atoms with van der Waals surface area (Å²) in [5.74, 6) is 1.66. The number of hydrogen-bond donors (Lipinski definition) is 3. The first kappa shape index (κ1) is 28.6. The number of nitrogens with zero attached hydrogens (tertiary/aromatic N) is 7. The average molecular weight is 568 g/mol. The molecule has 42 heavy (non-hydrogen) atoms. The van der Waals surface area contributed by atoms with Crippen molar-refractivity contribution in [2.45, 2.75) is 39.4 Å². The van der Waals surface area contributed by atoms with Gasteiger partial charge in [0.1, 0.15) is 23.5 Å². The van der Waals surface area contributed by atoms with Crippen molar-refractivity contribution in [3.05, 3.63) is 83.1 Å². The highest BCUT2D eigenvalue weighted by Gasteiger charge is 2.35. The van der Waals surface area contributed by atoms with E-state index in [1.54, 1.807) is 38.4 Å². The number of aliphatic hydroxyl groups excluding tert-OH is 1. The highest BCUT2D eigenvalue weighted by Crippen LogP contribution is 2.31. The Hall–Kier alpha value is -4.97. The zero-order valence-corrected chi connectivity index (χ0v) is 24.2. The molecule has 1 aromatic carbocycles. The van der Waals surface area contributed by atoms with E-state index in [-0.39, 0.29) is 18.4 Å². The van der Waals surface area contributed by atoms with Crippen LogP contribution in [0.2, 0.25) is 0 Å². The van der Waals surface area contributed by atoms with Crippen molar-refractivity contribution < 1.29 is 14.7 Å². The molecule has 12 heteroatoms. The summed E-state index contributed by atoms with van der Waals surface area (Å²) in [6.45, 7) is 5.35. The number of hydrogen-bond acceptors (Lipinski definition) is 10. The fourth-order valence-corrected chi connectivity index (χ4v) is 4.75. The van der Waals surface area contributed by atoms with Crippen LogP contribution in [0.1, 0.15) is 46.0 Å². The van der Waals surface area contributed by atoms with Crippen LogP contribution in [0.25, 0.3) is 11.3 Å². The van der Waals surface area contributed by atoms with E-state index in [1.165, 1.54) is 4.90 Å². The Morgan fingerprint density at radius 3 is 2.64 bits per heavy atom. The van der Waals surface area contributed by atoms with Crippen molar-refractivity contribution in [1.29, 1.82) is 0 Å². The second-order valence-corrected chi connectivity index (χ2v) is 10.4. The van der Waals surface area contributed by atoms with Gasteiger partial charge in [-0.15, -0.1) is 0 Å². The maximum absolute atomic E-state index is 13.5. The molecule has 12 nitrogen and oxygen atoms in total. The molecule has 5 rings (SSSR count). The van der Waals surface area contributed by atoms with Gasteiger partial charge in [-0.1, -0.05) is 18.2 Å². The topological polar surface area (TPSA) is 149 Å². The molecule has 1 aliphatic rings. The molecule has 2 atom stereocenters. The van der Waals surface area contributed by atoms with E-state index in [2.05, 4.69) is 35.6 Å². The molecule has 2 amide bonds. The van der Waals surface area contributed by atoms with Crippen LogP contribution < -0.4 is 15.5 Å². The number of nitrogens with one attached hydrogen (secondary N) is 2. The Labute approximate surface area is 243 Å². The maximum atomic E-state index is 13.5. The van der Waals surface area contributed by atoms with Crippen molar-refractivity contribution in [2.24, 2.45) is 0 Å². The summed E-state index contributed by atoms with van der Waals surface area (Å²) in [6, 6.07) is 11.3. The van der Waals surface area contributed by atoms with E-state index < -0.39 is 12.1 Å². The summed E-state index contributed by atoms with van der Waals surface area (Å²) >= 11 is 0. The Kier molecular flexibility index (Phi) is 8.07. The first-order valence-corrected chi connectivity index (χ1v) is 13.5. The molecule has 216 valence electrons. The quantitative estimate of drug-likeness (QED) is 0.276. The van der Waals surface area contributed by atoms with Gasteiger partial charge in [0.15, 0.2) is 0 Å². The molecule has 4 heterocycles. The Morgan fingerprint density at radius 2 is 1.90 bits per heavy atom. The molecule has 3 aromatic heterocycles. The van der Waals surface area contributed by atoms with Crippen LogP contribution in [0, 0.1) is 13.8 Å². The fourth-order valence-electron chi connectivity index (χ4n) is 4.75. The number of carbonyl (C=O) groups excluding carboxylic acids is 2. The van der Waals surface area contributed by atoms with Gasteiger partial charge in [0.25, 0.3) is 5.91 Å². The minimum Gasteiger partial charge on any atom is -0.394 e. The lowest BCUT2D eigenvalue weighted by Crippen LogP contribution is -2.47. The highest BCUT2D eigenvalue weighted by molar-refractivity contribution is 6.02. The third-order valence-corrected chi connectivity index (χ3v) is 7.12. The smallest absolute Gasteiger partial charge is 0.255 e. The molecule has 0 bridgehead atoms. The largest absolute Gasteiger partial charge is 0.394 e. The summed E-state index contributed by atoms with van der Waals surface area (Å²) in [5, 5.41) is 16.0. The number of amides is 2. The van der Waals surface area contributed by atoms with Gasteiger partial charge in [-0.05, 0) is 56.2 Å². The third kappa shape index (κ3) is 5.88. The monoisotopic (exact) mass is 567 g/mol. The molecule has 0 spiro atoms. The lowest BCUT2D eigenvalue weighted by molar-refractivity contribution is -0.126. The minimum atomic E-state index is -0.771. The number of aryl methyl sites for hydroxylation is 2. The lowest BCUT2D eigenvalue weighted by atomic mass is 10.0. The second kappa shape index (κ2) is 11.9. The van der Waals surface area contributed by atoms with E-state index in [9.17, 15) is 14.7 Å². The van der Waals surface area contributed by atoms with Gasteiger partial charge in [0.2, 0.25) is 11.9 Å². The molecule has 0 saturated carbocycles. The van der Waals surface area contributed by atoms with Crippen LogP contribution in [0.5, 0.6) is 0 Å². The van der Waals surface area contributed by atoms with Crippen molar-refractivity contribution in [2.75, 3.05) is 30.9 Å². The molecule has 0 unspecified atom stereocenters. The Balaban J connectivity index is 1.32. The Morgan fingerprint density at radius 1 is 1.10 bits per heavy atom. The van der Waals surface area contributed by atoms with Gasteiger partial charge in [0.05, 0.1) is 24.0 Å². The summed E-state index contributed by atoms with van der Waals surface area (Å²) in [7, 11) is 3.73. The van der Waals surface area contributed by atoms with Crippen molar-refractivity contribution >= 4 is 29.4 Å². The van der Waals surface area contributed by atoms with E-state index in [4.69, 9.17) is 0 Å². The molecule has 0 aliphatic carbocycles. The minimum absolute atomic E-state index is 0.246. The number of benzene rings is 1. The van der Waals surface area contributed by atoms with Gasteiger partial charge in [-0.3, -0.25) is 9.59 Å². The fraction of sp³-hybridized carbons (Fsp3) is 0.300. The SMILES string of the molecule is Cc1nccc(Nc2ncc(C)c(-c3ccc4c(c3)C(=O)N([C@H](C)C(=O)N[C@H](CO)c3cccc(N(C)C)n3)C4)n2)n1. The van der Waals surface area contributed by atoms with Crippen molar-refractivity contribution in [1.82, 2.24) is 35.1 Å². The molecule has 4 aromatic rings. The number of fused-ring (bicyclic) bond motifs is 1. The zero-order valence-electron chi connectivity index (χ0n) is 24.2. The molecule has 3 N–H and O–H groups in total. The van der Waals surface area contributed by atoms with Crippen LogP contribution >= 0.6 is 0 Å². The molecule has 0 radical (unpaired) electrons. The van der Waals surface area contributed by atoms with Crippen molar-refractivity contribution in [3.63, 3.8) is 0 Å². The zero-order chi connectivity index (χ0) is 30.0. The predicted octanol–water partition coefficient (Wildman–Crippen LogP) is 2.95. The van der Waals surface area contributed by atoms with Gasteiger partial charge in [0, 0.05) is 44.2 Å². The van der Waals surface area contributed by atoms with Crippen LogP contribution in [-0.2, 0) is 11.3 Å². The molecule has 1 aliphatic heterocycles. The van der Waals surface area contributed by atoms with E-state index >= 15 is 0 Å². The molecule has 0 fully saturated rings. The number of aliphatic hydroxyl groups is 1. The lowest BCUT2D eigenvalue weighted by Gasteiger charge is -2.26. The number of rotatable bonds is 9. The highest BCUT2D eigenvalue weighted by atomic mass is 16.3. The maximum Gasteiger partial charge on any atom is 0.255 e. The number of pyridine rings is 1. The van der Waals surface area contributed by atoms with Crippen LogP contribution in [-0.4, -0.2) is 73.5 Å². The number of carbonyl (C=O) groups is 2.